The molecule has 1 nitrogen and oxygen atoms in total. The van der Waals surface area contributed by atoms with Crippen LogP contribution in [0.15, 0.2) is 94.7 Å². The van der Waals surface area contributed by atoms with Crippen molar-refractivity contribution in [1.29, 1.82) is 0 Å². The first-order chi connectivity index (χ1) is 12.8. The predicted molar refractivity (Wildman–Crippen MR) is 115 cm³/mol. The fourth-order valence-corrected chi connectivity index (χ4v) is 8.20. The average molecular weight is 371 g/mol. The summed E-state index contributed by atoms with van der Waals surface area (Å²) in [5.74, 6) is 0. The maximum absolute atomic E-state index is 6.01. The molecule has 0 aliphatic carbocycles. The van der Waals surface area contributed by atoms with E-state index in [9.17, 15) is 0 Å². The third-order valence-corrected chi connectivity index (χ3v) is 10.6. The van der Waals surface area contributed by atoms with Crippen molar-refractivity contribution in [2.75, 3.05) is 0 Å². The Morgan fingerprint density at radius 3 is 2.00 bits per heavy atom. The Bertz CT molecular complexity index is 1150. The van der Waals surface area contributed by atoms with Crippen LogP contribution in [0.1, 0.15) is 0 Å². The van der Waals surface area contributed by atoms with Crippen LogP contribution in [-0.4, -0.2) is 8.07 Å². The summed E-state index contributed by atoms with van der Waals surface area (Å²) in [7, 11) is -2.07. The molecule has 0 bridgehead atoms. The minimum Gasteiger partial charge on any atom is -0.445 e. The van der Waals surface area contributed by atoms with Crippen LogP contribution in [0, 0.1) is 0 Å². The van der Waals surface area contributed by atoms with Gasteiger partial charge in [-0.15, -0.1) is 11.3 Å². The molecule has 0 N–H and O–H groups in total. The van der Waals surface area contributed by atoms with Crippen LogP contribution in [0.2, 0.25) is 6.55 Å². The number of hydrogen-bond acceptors (Lipinski definition) is 2. The molecule has 3 aromatic carbocycles. The van der Waals surface area contributed by atoms with Crippen molar-refractivity contribution in [2.24, 2.45) is 0 Å². The van der Waals surface area contributed by atoms with E-state index in [0.29, 0.717) is 0 Å². The molecule has 3 heteroatoms. The van der Waals surface area contributed by atoms with E-state index in [2.05, 4.69) is 96.9 Å². The molecule has 2 heterocycles. The zero-order valence-electron chi connectivity index (χ0n) is 14.5. The summed E-state index contributed by atoms with van der Waals surface area (Å²) < 4.78 is 6.01. The molecule has 0 aliphatic heterocycles. The minimum absolute atomic E-state index is 0.980. The van der Waals surface area contributed by atoms with Crippen LogP contribution in [0.4, 0.5) is 0 Å². The number of rotatable bonds is 3. The molecule has 0 spiro atoms. The Kier molecular flexibility index (Phi) is 3.59. The summed E-state index contributed by atoms with van der Waals surface area (Å²) in [5.41, 5.74) is 0.980. The average Bonchev–Trinajstić information content (AvgIpc) is 3.30. The first-order valence-electron chi connectivity index (χ1n) is 8.78. The van der Waals surface area contributed by atoms with Crippen molar-refractivity contribution >= 4 is 56.2 Å². The van der Waals surface area contributed by atoms with Gasteiger partial charge in [0, 0.05) is 10.8 Å². The molecule has 126 valence electrons. The summed E-state index contributed by atoms with van der Waals surface area (Å²) in [4.78, 5) is 1.01. The highest BCUT2D eigenvalue weighted by Crippen LogP contribution is 2.32. The second-order valence-corrected chi connectivity index (χ2v) is 11.7. The maximum Gasteiger partial charge on any atom is 0.188 e. The normalized spacial score (nSPS) is 12.0. The minimum atomic E-state index is -2.07. The molecular formula is C23H18OSSi. The SMILES string of the molecule is C[Si](c1ccccc1)(c1ccccc1)c1ccc2oc3sccc3c2c1. The summed E-state index contributed by atoms with van der Waals surface area (Å²) >= 11 is 1.66. The fraction of sp³-hybridized carbons (Fsp3) is 0.0435. The topological polar surface area (TPSA) is 13.1 Å². The van der Waals surface area contributed by atoms with E-state index in [-0.39, 0.29) is 0 Å². The second-order valence-electron chi connectivity index (χ2n) is 6.79. The second kappa shape index (κ2) is 5.97. The van der Waals surface area contributed by atoms with Gasteiger partial charge >= 0.3 is 0 Å². The van der Waals surface area contributed by atoms with Gasteiger partial charge < -0.3 is 4.42 Å². The molecule has 0 amide bonds. The van der Waals surface area contributed by atoms with Crippen LogP contribution >= 0.6 is 11.3 Å². The highest BCUT2D eigenvalue weighted by molar-refractivity contribution is 7.16. The lowest BCUT2D eigenvalue weighted by atomic mass is 10.2. The molecule has 5 aromatic rings. The third kappa shape index (κ3) is 2.28. The number of furan rings is 1. The van der Waals surface area contributed by atoms with Gasteiger partial charge in [0.1, 0.15) is 13.7 Å². The van der Waals surface area contributed by atoms with Gasteiger partial charge in [0.15, 0.2) is 4.90 Å². The summed E-state index contributed by atoms with van der Waals surface area (Å²) in [5, 5.41) is 8.82. The molecular weight excluding hydrogens is 352 g/mol. The smallest absolute Gasteiger partial charge is 0.188 e. The molecule has 0 radical (unpaired) electrons. The van der Waals surface area contributed by atoms with E-state index < -0.39 is 8.07 Å². The molecule has 0 aliphatic rings. The lowest BCUT2D eigenvalue weighted by Gasteiger charge is -2.29. The third-order valence-electron chi connectivity index (χ3n) is 5.38. The van der Waals surface area contributed by atoms with E-state index in [4.69, 9.17) is 4.42 Å². The van der Waals surface area contributed by atoms with E-state index in [0.717, 1.165) is 10.5 Å². The van der Waals surface area contributed by atoms with Crippen LogP contribution < -0.4 is 15.6 Å². The van der Waals surface area contributed by atoms with E-state index in [1.165, 1.54) is 26.3 Å². The molecule has 0 saturated heterocycles. The van der Waals surface area contributed by atoms with Crippen molar-refractivity contribution < 1.29 is 4.42 Å². The van der Waals surface area contributed by atoms with Crippen molar-refractivity contribution in [3.05, 3.63) is 90.3 Å². The molecule has 5 rings (SSSR count). The van der Waals surface area contributed by atoms with E-state index in [1.54, 1.807) is 11.3 Å². The molecule has 0 saturated carbocycles. The van der Waals surface area contributed by atoms with Crippen LogP contribution in [-0.2, 0) is 0 Å². The Labute approximate surface area is 157 Å². The quantitative estimate of drug-likeness (QED) is 0.330. The number of fused-ring (bicyclic) bond motifs is 3. The monoisotopic (exact) mass is 370 g/mol. The van der Waals surface area contributed by atoms with Crippen LogP contribution in [0.5, 0.6) is 0 Å². The Balaban J connectivity index is 1.81. The van der Waals surface area contributed by atoms with E-state index in [1.807, 2.05) is 0 Å². The predicted octanol–water partition coefficient (Wildman–Crippen LogP) is 4.75. The molecule has 0 atom stereocenters. The molecule has 2 aromatic heterocycles. The zero-order chi connectivity index (χ0) is 17.6. The summed E-state index contributed by atoms with van der Waals surface area (Å²) in [6, 6.07) is 30.8. The molecule has 26 heavy (non-hydrogen) atoms. The van der Waals surface area contributed by atoms with Crippen molar-refractivity contribution in [1.82, 2.24) is 0 Å². The number of thiophene rings is 1. The first kappa shape index (κ1) is 15.6. The van der Waals surface area contributed by atoms with Crippen LogP contribution in [0.25, 0.3) is 21.3 Å². The van der Waals surface area contributed by atoms with Crippen molar-refractivity contribution in [3.8, 4) is 0 Å². The van der Waals surface area contributed by atoms with Crippen molar-refractivity contribution in [2.45, 2.75) is 6.55 Å². The Hall–Kier alpha value is -2.62. The number of benzene rings is 3. The summed E-state index contributed by atoms with van der Waals surface area (Å²) in [6.07, 6.45) is 0. The van der Waals surface area contributed by atoms with Gasteiger partial charge in [0.05, 0.1) is 0 Å². The Morgan fingerprint density at radius 2 is 1.35 bits per heavy atom. The van der Waals surface area contributed by atoms with Gasteiger partial charge in [-0.05, 0) is 33.1 Å². The number of hydrogen-bond donors (Lipinski definition) is 0. The lowest BCUT2D eigenvalue weighted by molar-refractivity contribution is 0.678. The highest BCUT2D eigenvalue weighted by Gasteiger charge is 2.34. The van der Waals surface area contributed by atoms with Gasteiger partial charge in [0.2, 0.25) is 0 Å². The highest BCUT2D eigenvalue weighted by atomic mass is 32.1. The van der Waals surface area contributed by atoms with Gasteiger partial charge in [-0.2, -0.15) is 0 Å². The molecule has 0 fully saturated rings. The zero-order valence-corrected chi connectivity index (χ0v) is 16.3. The van der Waals surface area contributed by atoms with Gasteiger partial charge in [-0.1, -0.05) is 79.3 Å². The van der Waals surface area contributed by atoms with Crippen LogP contribution in [0.3, 0.4) is 0 Å². The Morgan fingerprint density at radius 1 is 0.692 bits per heavy atom. The molecule has 0 unspecified atom stereocenters. The standard InChI is InChI=1S/C23H18OSSi/c1-26(17-8-4-2-5-9-17,18-10-6-3-7-11-18)19-12-13-22-21(16-19)20-14-15-25-23(20)24-22/h2-16H,1H3. The van der Waals surface area contributed by atoms with Crippen molar-refractivity contribution in [3.63, 3.8) is 0 Å². The largest absolute Gasteiger partial charge is 0.445 e. The van der Waals surface area contributed by atoms with Gasteiger partial charge in [-0.3, -0.25) is 0 Å². The lowest BCUT2D eigenvalue weighted by Crippen LogP contribution is -2.64. The van der Waals surface area contributed by atoms with Gasteiger partial charge in [-0.25, -0.2) is 0 Å². The fourth-order valence-electron chi connectivity index (χ4n) is 3.86. The maximum atomic E-state index is 6.01. The summed E-state index contributed by atoms with van der Waals surface area (Å²) in [6.45, 7) is 2.45. The van der Waals surface area contributed by atoms with Gasteiger partial charge in [0.25, 0.3) is 0 Å². The van der Waals surface area contributed by atoms with E-state index >= 15 is 0 Å². The first-order valence-corrected chi connectivity index (χ1v) is 12.2.